The van der Waals surface area contributed by atoms with Gasteiger partial charge in [0.2, 0.25) is 5.91 Å². The number of nitrogens with one attached hydrogen (secondary N) is 2. The van der Waals surface area contributed by atoms with Crippen molar-refractivity contribution >= 4 is 23.4 Å². The van der Waals surface area contributed by atoms with E-state index in [2.05, 4.69) is 10.9 Å². The lowest BCUT2D eigenvalue weighted by Crippen LogP contribution is -2.42. The Labute approximate surface area is 155 Å². The first-order chi connectivity index (χ1) is 12.1. The van der Waals surface area contributed by atoms with E-state index in [0.29, 0.717) is 10.6 Å². The summed E-state index contributed by atoms with van der Waals surface area (Å²) >= 11 is 6.00. The van der Waals surface area contributed by atoms with Crippen LogP contribution in [0, 0.1) is 6.92 Å². The van der Waals surface area contributed by atoms with E-state index < -0.39 is 5.91 Å². The number of rotatable bonds is 3. The lowest BCUT2D eigenvalue weighted by molar-refractivity contribution is -0.121. The fourth-order valence-electron chi connectivity index (χ4n) is 1.82. The molecular formula is C20H27ClN2O2. The Morgan fingerprint density at radius 1 is 0.920 bits per heavy atom. The molecule has 4 nitrogen and oxygen atoms in total. The summed E-state index contributed by atoms with van der Waals surface area (Å²) < 4.78 is 0. The molecule has 0 radical (unpaired) electrons. The zero-order valence-corrected chi connectivity index (χ0v) is 16.3. The van der Waals surface area contributed by atoms with Crippen molar-refractivity contribution in [2.24, 2.45) is 0 Å². The number of halogens is 1. The SMILES string of the molecule is CC.CC.Cc1ccc(C(=O)NNC(=O)Cc2ccccc2)c(Cl)c1. The molecule has 2 rings (SSSR count). The van der Waals surface area contributed by atoms with E-state index in [9.17, 15) is 9.59 Å². The van der Waals surface area contributed by atoms with Gasteiger partial charge >= 0.3 is 0 Å². The Morgan fingerprint density at radius 2 is 1.52 bits per heavy atom. The van der Waals surface area contributed by atoms with E-state index in [-0.39, 0.29) is 12.3 Å². The summed E-state index contributed by atoms with van der Waals surface area (Å²) in [7, 11) is 0. The molecule has 0 bridgehead atoms. The van der Waals surface area contributed by atoms with Crippen molar-refractivity contribution in [1.29, 1.82) is 0 Å². The van der Waals surface area contributed by atoms with Crippen LogP contribution in [0.15, 0.2) is 48.5 Å². The molecule has 0 spiro atoms. The summed E-state index contributed by atoms with van der Waals surface area (Å²) in [5.41, 5.74) is 6.89. The molecular weight excluding hydrogens is 336 g/mol. The lowest BCUT2D eigenvalue weighted by atomic mass is 10.1. The van der Waals surface area contributed by atoms with E-state index in [0.717, 1.165) is 11.1 Å². The Balaban J connectivity index is 0.00000134. The zero-order valence-electron chi connectivity index (χ0n) is 15.5. The highest BCUT2D eigenvalue weighted by atomic mass is 35.5. The first-order valence-corrected chi connectivity index (χ1v) is 8.83. The summed E-state index contributed by atoms with van der Waals surface area (Å²) in [5, 5.41) is 0.352. The standard InChI is InChI=1S/C16H15ClN2O2.2C2H6/c1-11-7-8-13(14(17)9-11)16(21)19-18-15(20)10-12-5-3-2-4-6-12;2*1-2/h2-9H,10H2,1H3,(H,18,20)(H,19,21);2*1-2H3. The fourth-order valence-corrected chi connectivity index (χ4v) is 2.14. The maximum atomic E-state index is 11.9. The number of hydrogen-bond acceptors (Lipinski definition) is 2. The van der Waals surface area contributed by atoms with Crippen molar-refractivity contribution in [3.63, 3.8) is 0 Å². The number of carbonyl (C=O) groups excluding carboxylic acids is 2. The van der Waals surface area contributed by atoms with Gasteiger partial charge in [-0.05, 0) is 30.2 Å². The minimum atomic E-state index is -0.443. The highest BCUT2D eigenvalue weighted by Crippen LogP contribution is 2.17. The third kappa shape index (κ3) is 8.36. The highest BCUT2D eigenvalue weighted by molar-refractivity contribution is 6.33. The Kier molecular flexibility index (Phi) is 11.8. The molecule has 0 aliphatic carbocycles. The van der Waals surface area contributed by atoms with Gasteiger partial charge in [-0.1, -0.05) is 75.7 Å². The highest BCUT2D eigenvalue weighted by Gasteiger charge is 2.11. The van der Waals surface area contributed by atoms with Crippen molar-refractivity contribution in [2.75, 3.05) is 0 Å². The van der Waals surface area contributed by atoms with Crippen LogP contribution in [0.1, 0.15) is 49.2 Å². The van der Waals surface area contributed by atoms with Crippen molar-refractivity contribution in [1.82, 2.24) is 10.9 Å². The van der Waals surface area contributed by atoms with Crippen molar-refractivity contribution < 1.29 is 9.59 Å². The van der Waals surface area contributed by atoms with Crippen LogP contribution in [0.25, 0.3) is 0 Å². The minimum Gasteiger partial charge on any atom is -0.273 e. The molecule has 0 fully saturated rings. The Morgan fingerprint density at radius 3 is 2.08 bits per heavy atom. The van der Waals surface area contributed by atoms with Gasteiger partial charge in [-0.2, -0.15) is 0 Å². The van der Waals surface area contributed by atoms with Gasteiger partial charge in [0.25, 0.3) is 5.91 Å². The minimum absolute atomic E-state index is 0.197. The molecule has 2 amide bonds. The number of amides is 2. The van der Waals surface area contributed by atoms with E-state index >= 15 is 0 Å². The van der Waals surface area contributed by atoms with E-state index in [4.69, 9.17) is 11.6 Å². The molecule has 2 aromatic rings. The predicted octanol–water partition coefficient (Wildman–Crippen LogP) is 4.70. The van der Waals surface area contributed by atoms with E-state index in [1.165, 1.54) is 0 Å². The van der Waals surface area contributed by atoms with Gasteiger partial charge in [0, 0.05) is 0 Å². The van der Waals surface area contributed by atoms with Crippen molar-refractivity contribution in [3.05, 3.63) is 70.2 Å². The van der Waals surface area contributed by atoms with Crippen molar-refractivity contribution in [2.45, 2.75) is 41.0 Å². The molecule has 0 aromatic heterocycles. The van der Waals surface area contributed by atoms with Gasteiger partial charge in [-0.15, -0.1) is 0 Å². The van der Waals surface area contributed by atoms with Gasteiger partial charge in [0.15, 0.2) is 0 Å². The van der Waals surface area contributed by atoms with Crippen LogP contribution < -0.4 is 10.9 Å². The molecule has 0 aliphatic rings. The van der Waals surface area contributed by atoms with E-state index in [1.807, 2.05) is 65.0 Å². The maximum absolute atomic E-state index is 11.9. The summed E-state index contributed by atoms with van der Waals surface area (Å²) in [4.78, 5) is 23.7. The van der Waals surface area contributed by atoms with Gasteiger partial charge < -0.3 is 0 Å². The van der Waals surface area contributed by atoms with Crippen LogP contribution in [-0.2, 0) is 11.2 Å². The number of benzene rings is 2. The number of hydrazine groups is 1. The molecule has 5 heteroatoms. The number of carbonyl (C=O) groups is 2. The fraction of sp³-hybridized carbons (Fsp3) is 0.300. The smallest absolute Gasteiger partial charge is 0.271 e. The molecule has 0 unspecified atom stereocenters. The van der Waals surface area contributed by atoms with Crippen LogP contribution in [0.3, 0.4) is 0 Å². The molecule has 2 N–H and O–H groups in total. The largest absolute Gasteiger partial charge is 0.273 e. The van der Waals surface area contributed by atoms with Crippen LogP contribution in [0.4, 0.5) is 0 Å². The lowest BCUT2D eigenvalue weighted by Gasteiger charge is -2.09. The van der Waals surface area contributed by atoms with Crippen LogP contribution >= 0.6 is 11.6 Å². The summed E-state index contributed by atoms with van der Waals surface area (Å²) in [6, 6.07) is 14.4. The molecule has 0 atom stereocenters. The Hall–Kier alpha value is -2.33. The quantitative estimate of drug-likeness (QED) is 0.777. The van der Waals surface area contributed by atoms with Gasteiger partial charge in [0.1, 0.15) is 0 Å². The van der Waals surface area contributed by atoms with E-state index in [1.54, 1.807) is 18.2 Å². The van der Waals surface area contributed by atoms with Crippen LogP contribution in [0.2, 0.25) is 5.02 Å². The molecule has 0 saturated heterocycles. The maximum Gasteiger partial charge on any atom is 0.271 e. The average Bonchev–Trinajstić information content (AvgIpc) is 2.64. The molecule has 2 aromatic carbocycles. The monoisotopic (exact) mass is 362 g/mol. The van der Waals surface area contributed by atoms with Crippen LogP contribution in [-0.4, -0.2) is 11.8 Å². The third-order valence-electron chi connectivity index (χ3n) is 2.89. The molecule has 25 heavy (non-hydrogen) atoms. The van der Waals surface area contributed by atoms with Gasteiger partial charge in [0.05, 0.1) is 17.0 Å². The van der Waals surface area contributed by atoms with Gasteiger partial charge in [-0.25, -0.2) is 0 Å². The number of aryl methyl sites for hydroxylation is 1. The van der Waals surface area contributed by atoms with Crippen LogP contribution in [0.5, 0.6) is 0 Å². The third-order valence-corrected chi connectivity index (χ3v) is 3.20. The summed E-state index contributed by atoms with van der Waals surface area (Å²) in [6.07, 6.45) is 0.197. The molecule has 0 saturated carbocycles. The topological polar surface area (TPSA) is 58.2 Å². The predicted molar refractivity (Wildman–Crippen MR) is 105 cm³/mol. The second-order valence-electron chi connectivity index (χ2n) is 4.65. The van der Waals surface area contributed by atoms with Gasteiger partial charge in [-0.3, -0.25) is 20.4 Å². The normalized spacial score (nSPS) is 8.88. The molecule has 0 heterocycles. The second-order valence-corrected chi connectivity index (χ2v) is 5.06. The first-order valence-electron chi connectivity index (χ1n) is 8.45. The molecule has 136 valence electrons. The average molecular weight is 363 g/mol. The summed E-state index contributed by atoms with van der Waals surface area (Å²) in [5.74, 6) is -0.737. The van der Waals surface area contributed by atoms with Crippen molar-refractivity contribution in [3.8, 4) is 0 Å². The Bertz CT molecular complexity index is 658. The number of hydrogen-bond donors (Lipinski definition) is 2. The molecule has 0 aliphatic heterocycles. The summed E-state index contributed by atoms with van der Waals surface area (Å²) in [6.45, 7) is 9.88. The zero-order chi connectivity index (χ0) is 19.2. The first kappa shape index (κ1) is 22.7. The second kappa shape index (κ2) is 13.0.